The molecule has 0 fully saturated rings. The molecule has 0 rings (SSSR count). The summed E-state index contributed by atoms with van der Waals surface area (Å²) in [6.45, 7) is 3.45. The lowest BCUT2D eigenvalue weighted by molar-refractivity contribution is 0.478. The predicted octanol–water partition coefficient (Wildman–Crippen LogP) is 1.53. The normalized spacial score (nSPS) is 15.1. The SMILES string of the molecule is C[CH]SC(CC)S(=O)(=O)O. The average molecular weight is 183 g/mol. The molecule has 1 atom stereocenters. The second-order valence-corrected chi connectivity index (χ2v) is 4.93. The van der Waals surface area contributed by atoms with Crippen LogP contribution in [-0.4, -0.2) is 17.6 Å². The summed E-state index contributed by atoms with van der Waals surface area (Å²) in [4.78, 5) is 0. The van der Waals surface area contributed by atoms with Crippen molar-refractivity contribution in [3.8, 4) is 0 Å². The van der Waals surface area contributed by atoms with Gasteiger partial charge in [-0.1, -0.05) is 13.8 Å². The van der Waals surface area contributed by atoms with E-state index in [-0.39, 0.29) is 0 Å². The lowest BCUT2D eigenvalue weighted by Gasteiger charge is -2.07. The van der Waals surface area contributed by atoms with Gasteiger partial charge in [-0.2, -0.15) is 8.42 Å². The first-order chi connectivity index (χ1) is 4.52. The van der Waals surface area contributed by atoms with E-state index in [2.05, 4.69) is 0 Å². The van der Waals surface area contributed by atoms with E-state index in [9.17, 15) is 8.42 Å². The van der Waals surface area contributed by atoms with Crippen LogP contribution in [0.5, 0.6) is 0 Å². The Kier molecular flexibility index (Phi) is 4.31. The molecular formula is C5H11O3S2. The number of hydrogen-bond acceptors (Lipinski definition) is 3. The fraction of sp³-hybridized carbons (Fsp3) is 0.800. The molecule has 61 valence electrons. The minimum Gasteiger partial charge on any atom is -0.285 e. The fourth-order valence-electron chi connectivity index (χ4n) is 0.529. The highest BCUT2D eigenvalue weighted by molar-refractivity contribution is 8.12. The second kappa shape index (κ2) is 4.20. The Hall–Kier alpha value is 0.260. The molecule has 0 saturated carbocycles. The summed E-state index contributed by atoms with van der Waals surface area (Å²) in [5.74, 6) is 1.65. The molecule has 0 aliphatic carbocycles. The van der Waals surface area contributed by atoms with E-state index in [1.165, 1.54) is 0 Å². The zero-order valence-corrected chi connectivity index (χ0v) is 7.58. The van der Waals surface area contributed by atoms with Gasteiger partial charge in [0.1, 0.15) is 4.58 Å². The van der Waals surface area contributed by atoms with E-state index in [1.54, 1.807) is 19.6 Å². The molecule has 0 aromatic rings. The first kappa shape index (κ1) is 10.3. The molecule has 1 radical (unpaired) electrons. The van der Waals surface area contributed by atoms with E-state index in [0.717, 1.165) is 11.8 Å². The van der Waals surface area contributed by atoms with E-state index >= 15 is 0 Å². The molecule has 5 heteroatoms. The van der Waals surface area contributed by atoms with Crippen molar-refractivity contribution in [2.75, 3.05) is 0 Å². The number of rotatable bonds is 4. The quantitative estimate of drug-likeness (QED) is 0.671. The minimum absolute atomic E-state index is 0.424. The van der Waals surface area contributed by atoms with Crippen molar-refractivity contribution in [1.82, 2.24) is 0 Å². The van der Waals surface area contributed by atoms with Gasteiger partial charge in [-0.05, 0) is 6.42 Å². The topological polar surface area (TPSA) is 54.4 Å². The van der Waals surface area contributed by atoms with Crippen LogP contribution in [0.2, 0.25) is 0 Å². The Morgan fingerprint density at radius 3 is 2.30 bits per heavy atom. The van der Waals surface area contributed by atoms with Crippen molar-refractivity contribution in [2.24, 2.45) is 0 Å². The first-order valence-corrected chi connectivity index (χ1v) is 5.36. The van der Waals surface area contributed by atoms with Crippen LogP contribution >= 0.6 is 11.8 Å². The molecule has 10 heavy (non-hydrogen) atoms. The van der Waals surface area contributed by atoms with E-state index < -0.39 is 14.7 Å². The van der Waals surface area contributed by atoms with E-state index in [0.29, 0.717) is 6.42 Å². The van der Waals surface area contributed by atoms with Gasteiger partial charge in [-0.25, -0.2) is 0 Å². The first-order valence-electron chi connectivity index (χ1n) is 2.92. The van der Waals surface area contributed by atoms with Gasteiger partial charge in [0.05, 0.1) is 0 Å². The van der Waals surface area contributed by atoms with Gasteiger partial charge in [0.25, 0.3) is 10.1 Å². The molecule has 3 nitrogen and oxygen atoms in total. The third kappa shape index (κ3) is 3.43. The predicted molar refractivity (Wildman–Crippen MR) is 43.2 cm³/mol. The molecule has 0 bridgehead atoms. The van der Waals surface area contributed by atoms with Gasteiger partial charge >= 0.3 is 0 Å². The van der Waals surface area contributed by atoms with Gasteiger partial charge in [0.15, 0.2) is 0 Å². The Labute approximate surface area is 66.0 Å². The third-order valence-electron chi connectivity index (χ3n) is 0.953. The Bertz CT molecular complexity index is 173. The molecular weight excluding hydrogens is 172 g/mol. The number of hydrogen-bond donors (Lipinski definition) is 1. The Morgan fingerprint density at radius 1 is 1.70 bits per heavy atom. The van der Waals surface area contributed by atoms with E-state index in [1.807, 2.05) is 0 Å². The van der Waals surface area contributed by atoms with Crippen LogP contribution in [0.15, 0.2) is 0 Å². The van der Waals surface area contributed by atoms with Crippen molar-refractivity contribution in [2.45, 2.75) is 24.9 Å². The average Bonchev–Trinajstić information content (AvgIpc) is 1.80. The highest BCUT2D eigenvalue weighted by Crippen LogP contribution is 2.21. The van der Waals surface area contributed by atoms with Crippen molar-refractivity contribution in [1.29, 1.82) is 0 Å². The summed E-state index contributed by atoms with van der Waals surface area (Å²) < 4.78 is 28.8. The van der Waals surface area contributed by atoms with Crippen molar-refractivity contribution in [3.05, 3.63) is 5.75 Å². The summed E-state index contributed by atoms with van der Waals surface area (Å²) in [6.07, 6.45) is 0.424. The van der Waals surface area contributed by atoms with Gasteiger partial charge in [-0.3, -0.25) is 4.55 Å². The molecule has 1 unspecified atom stereocenters. The van der Waals surface area contributed by atoms with Crippen LogP contribution in [0, 0.1) is 5.75 Å². The highest BCUT2D eigenvalue weighted by Gasteiger charge is 2.19. The van der Waals surface area contributed by atoms with Gasteiger partial charge in [-0.15, -0.1) is 11.8 Å². The molecule has 0 aromatic carbocycles. The molecule has 1 N–H and O–H groups in total. The highest BCUT2D eigenvalue weighted by atomic mass is 32.3. The molecule has 0 spiro atoms. The molecule has 0 aliphatic rings. The summed E-state index contributed by atoms with van der Waals surface area (Å²) in [5, 5.41) is 0. The van der Waals surface area contributed by atoms with Crippen molar-refractivity contribution in [3.63, 3.8) is 0 Å². The zero-order valence-electron chi connectivity index (χ0n) is 5.94. The third-order valence-corrected chi connectivity index (χ3v) is 3.92. The largest absolute Gasteiger partial charge is 0.285 e. The maximum absolute atomic E-state index is 10.5. The van der Waals surface area contributed by atoms with Crippen LogP contribution in [-0.2, 0) is 10.1 Å². The molecule has 0 aliphatic heterocycles. The summed E-state index contributed by atoms with van der Waals surface area (Å²) >= 11 is 1.12. The lowest BCUT2D eigenvalue weighted by atomic mass is 10.6. The Morgan fingerprint density at radius 2 is 2.20 bits per heavy atom. The van der Waals surface area contributed by atoms with Crippen molar-refractivity contribution < 1.29 is 13.0 Å². The maximum Gasteiger partial charge on any atom is 0.277 e. The summed E-state index contributed by atoms with van der Waals surface area (Å²) in [7, 11) is -3.85. The van der Waals surface area contributed by atoms with Crippen LogP contribution < -0.4 is 0 Å². The zero-order chi connectivity index (χ0) is 8.20. The molecule has 0 saturated heterocycles. The maximum atomic E-state index is 10.5. The van der Waals surface area contributed by atoms with Gasteiger partial charge < -0.3 is 0 Å². The van der Waals surface area contributed by atoms with E-state index in [4.69, 9.17) is 4.55 Å². The number of thioether (sulfide) groups is 1. The molecule has 0 amide bonds. The lowest BCUT2D eigenvalue weighted by Crippen LogP contribution is -2.14. The second-order valence-electron chi connectivity index (χ2n) is 1.72. The van der Waals surface area contributed by atoms with Gasteiger partial charge in [0.2, 0.25) is 0 Å². The van der Waals surface area contributed by atoms with Crippen LogP contribution in [0.25, 0.3) is 0 Å². The van der Waals surface area contributed by atoms with Gasteiger partial charge in [0, 0.05) is 5.75 Å². The summed E-state index contributed by atoms with van der Waals surface area (Å²) in [6, 6.07) is 0. The minimum atomic E-state index is -3.85. The monoisotopic (exact) mass is 183 g/mol. The molecule has 0 aromatic heterocycles. The van der Waals surface area contributed by atoms with Crippen LogP contribution in [0.1, 0.15) is 20.3 Å². The fourth-order valence-corrected chi connectivity index (χ4v) is 2.34. The van der Waals surface area contributed by atoms with Crippen molar-refractivity contribution >= 4 is 21.9 Å². The molecule has 0 heterocycles. The standard InChI is InChI=1S/C5H11O3S2/c1-3-5(9-4-2)10(6,7)8/h4-5H,3H2,1-2H3,(H,6,7,8). The van der Waals surface area contributed by atoms with Crippen LogP contribution in [0.4, 0.5) is 0 Å². The Balaban J connectivity index is 4.08. The van der Waals surface area contributed by atoms with Crippen LogP contribution in [0.3, 0.4) is 0 Å². The smallest absolute Gasteiger partial charge is 0.277 e. The summed E-state index contributed by atoms with van der Waals surface area (Å²) in [5.41, 5.74) is 0.